The second-order valence-electron chi connectivity index (χ2n) is 4.84. The van der Waals surface area contributed by atoms with Crippen molar-refractivity contribution in [2.24, 2.45) is 5.73 Å². The quantitative estimate of drug-likeness (QED) is 0.863. The molecule has 2 heterocycles. The van der Waals surface area contributed by atoms with Crippen LogP contribution in [0.2, 0.25) is 0 Å². The summed E-state index contributed by atoms with van der Waals surface area (Å²) in [5, 5.41) is 0. The van der Waals surface area contributed by atoms with E-state index in [9.17, 15) is 0 Å². The summed E-state index contributed by atoms with van der Waals surface area (Å²) in [6.45, 7) is 4.30. The van der Waals surface area contributed by atoms with Crippen molar-refractivity contribution in [2.45, 2.75) is 26.4 Å². The monoisotopic (exact) mass is 259 g/mol. The van der Waals surface area contributed by atoms with Gasteiger partial charge in [0.15, 0.2) is 0 Å². The number of hydrogen-bond donors (Lipinski definition) is 1. The molecule has 0 atom stereocenters. The van der Waals surface area contributed by atoms with E-state index in [-0.39, 0.29) is 0 Å². The lowest BCUT2D eigenvalue weighted by Crippen LogP contribution is -2.20. The highest BCUT2D eigenvalue weighted by molar-refractivity contribution is 5.20. The number of likely N-dealkylation sites (N-methyl/N-ethyl adjacent to an activating group) is 1. The summed E-state index contributed by atoms with van der Waals surface area (Å²) < 4.78 is 5.70. The standard InChI is InChI=1S/C15H21N3O/c1-12-14(10-16)9-15(19-12)11-18(2)8-5-13-3-6-17-7-4-13/h3-4,6-7,9H,5,8,10-11,16H2,1-2H3. The van der Waals surface area contributed by atoms with Crippen molar-refractivity contribution >= 4 is 0 Å². The molecule has 0 unspecified atom stereocenters. The minimum absolute atomic E-state index is 0.538. The molecule has 0 aliphatic rings. The first kappa shape index (κ1) is 13.8. The molecule has 102 valence electrons. The Morgan fingerprint density at radius 1 is 1.32 bits per heavy atom. The van der Waals surface area contributed by atoms with Crippen molar-refractivity contribution < 1.29 is 4.42 Å². The van der Waals surface area contributed by atoms with Crippen LogP contribution in [0, 0.1) is 6.92 Å². The first-order chi connectivity index (χ1) is 9.19. The van der Waals surface area contributed by atoms with E-state index in [0.29, 0.717) is 6.54 Å². The average molecular weight is 259 g/mol. The number of pyridine rings is 1. The third-order valence-electron chi connectivity index (χ3n) is 3.25. The van der Waals surface area contributed by atoms with Crippen molar-refractivity contribution in [3.8, 4) is 0 Å². The molecule has 4 nitrogen and oxygen atoms in total. The summed E-state index contributed by atoms with van der Waals surface area (Å²) in [5.41, 5.74) is 8.05. The Kier molecular flexibility index (Phi) is 4.71. The van der Waals surface area contributed by atoms with Gasteiger partial charge >= 0.3 is 0 Å². The van der Waals surface area contributed by atoms with Crippen LogP contribution in [0.1, 0.15) is 22.6 Å². The van der Waals surface area contributed by atoms with Gasteiger partial charge in [-0.05, 0) is 44.2 Å². The van der Waals surface area contributed by atoms with Gasteiger partial charge in [-0.15, -0.1) is 0 Å². The molecule has 0 aliphatic heterocycles. The molecule has 2 aromatic heterocycles. The molecule has 0 bridgehead atoms. The highest BCUT2D eigenvalue weighted by Gasteiger charge is 2.08. The molecular formula is C15H21N3O. The molecule has 0 saturated carbocycles. The molecule has 0 aromatic carbocycles. The van der Waals surface area contributed by atoms with Crippen molar-refractivity contribution in [3.63, 3.8) is 0 Å². The Balaban J connectivity index is 1.85. The number of rotatable bonds is 6. The maximum absolute atomic E-state index is 5.70. The Bertz CT molecular complexity index is 507. The van der Waals surface area contributed by atoms with E-state index in [1.165, 1.54) is 5.56 Å². The predicted octanol–water partition coefficient (Wildman–Crippen LogP) is 2.12. The van der Waals surface area contributed by atoms with Gasteiger partial charge in [-0.1, -0.05) is 0 Å². The second-order valence-corrected chi connectivity index (χ2v) is 4.84. The lowest BCUT2D eigenvalue weighted by Gasteiger charge is -2.14. The molecule has 0 spiro atoms. The average Bonchev–Trinajstić information content (AvgIpc) is 2.77. The summed E-state index contributed by atoms with van der Waals surface area (Å²) in [6, 6.07) is 6.16. The van der Waals surface area contributed by atoms with Crippen molar-refractivity contribution in [1.29, 1.82) is 0 Å². The molecule has 0 fully saturated rings. The number of aryl methyl sites for hydroxylation is 1. The molecule has 0 amide bonds. The van der Waals surface area contributed by atoms with Crippen LogP contribution in [0.5, 0.6) is 0 Å². The van der Waals surface area contributed by atoms with E-state index in [0.717, 1.165) is 36.6 Å². The zero-order valence-electron chi connectivity index (χ0n) is 11.6. The van der Waals surface area contributed by atoms with Crippen LogP contribution >= 0.6 is 0 Å². The van der Waals surface area contributed by atoms with Gasteiger partial charge in [0.1, 0.15) is 11.5 Å². The number of nitrogens with zero attached hydrogens (tertiary/aromatic N) is 2. The second kappa shape index (κ2) is 6.50. The molecule has 0 radical (unpaired) electrons. The lowest BCUT2D eigenvalue weighted by molar-refractivity contribution is 0.295. The molecule has 4 heteroatoms. The highest BCUT2D eigenvalue weighted by atomic mass is 16.3. The Morgan fingerprint density at radius 2 is 2.05 bits per heavy atom. The smallest absolute Gasteiger partial charge is 0.118 e. The largest absolute Gasteiger partial charge is 0.465 e. The molecule has 2 aromatic rings. The number of aromatic nitrogens is 1. The van der Waals surface area contributed by atoms with Crippen molar-refractivity contribution in [1.82, 2.24) is 9.88 Å². The van der Waals surface area contributed by atoms with Crippen molar-refractivity contribution in [3.05, 3.63) is 53.2 Å². The fourth-order valence-corrected chi connectivity index (χ4v) is 2.08. The fourth-order valence-electron chi connectivity index (χ4n) is 2.08. The SMILES string of the molecule is Cc1oc(CN(C)CCc2ccncc2)cc1CN. The zero-order valence-corrected chi connectivity index (χ0v) is 11.6. The Labute approximate surface area is 114 Å². The molecule has 0 saturated heterocycles. The number of hydrogen-bond acceptors (Lipinski definition) is 4. The van der Waals surface area contributed by atoms with Gasteiger partial charge in [0.25, 0.3) is 0 Å². The van der Waals surface area contributed by atoms with Gasteiger partial charge < -0.3 is 10.2 Å². The van der Waals surface area contributed by atoms with Crippen molar-refractivity contribution in [2.75, 3.05) is 13.6 Å². The van der Waals surface area contributed by atoms with Crippen LogP contribution in [0.15, 0.2) is 35.0 Å². The summed E-state index contributed by atoms with van der Waals surface area (Å²) in [7, 11) is 2.10. The van der Waals surface area contributed by atoms with E-state index < -0.39 is 0 Å². The van der Waals surface area contributed by atoms with E-state index in [1.54, 1.807) is 0 Å². The molecule has 2 N–H and O–H groups in total. The van der Waals surface area contributed by atoms with Crippen LogP contribution in [-0.4, -0.2) is 23.5 Å². The van der Waals surface area contributed by atoms with E-state index in [4.69, 9.17) is 10.2 Å². The van der Waals surface area contributed by atoms with Gasteiger partial charge in [0, 0.05) is 31.0 Å². The molecule has 19 heavy (non-hydrogen) atoms. The summed E-state index contributed by atoms with van der Waals surface area (Å²) in [4.78, 5) is 6.27. The topological polar surface area (TPSA) is 55.3 Å². The normalized spacial score (nSPS) is 11.2. The van der Waals surface area contributed by atoms with Crippen LogP contribution in [0.4, 0.5) is 0 Å². The Hall–Kier alpha value is -1.65. The van der Waals surface area contributed by atoms with E-state index in [1.807, 2.05) is 19.3 Å². The van der Waals surface area contributed by atoms with E-state index in [2.05, 4.69) is 35.1 Å². The van der Waals surface area contributed by atoms with Gasteiger partial charge in [-0.25, -0.2) is 0 Å². The summed E-state index contributed by atoms with van der Waals surface area (Å²) in [6.07, 6.45) is 4.68. The maximum Gasteiger partial charge on any atom is 0.118 e. The first-order valence-corrected chi connectivity index (χ1v) is 6.54. The minimum atomic E-state index is 0.538. The van der Waals surface area contributed by atoms with Crippen LogP contribution in [-0.2, 0) is 19.5 Å². The van der Waals surface area contributed by atoms with Gasteiger partial charge in [0.05, 0.1) is 6.54 Å². The van der Waals surface area contributed by atoms with E-state index >= 15 is 0 Å². The number of furan rings is 1. The number of nitrogens with two attached hydrogens (primary N) is 1. The van der Waals surface area contributed by atoms with Crippen LogP contribution < -0.4 is 5.73 Å². The van der Waals surface area contributed by atoms with Gasteiger partial charge in [-0.2, -0.15) is 0 Å². The molecular weight excluding hydrogens is 238 g/mol. The molecule has 0 aliphatic carbocycles. The third kappa shape index (κ3) is 3.91. The predicted molar refractivity (Wildman–Crippen MR) is 75.6 cm³/mol. The highest BCUT2D eigenvalue weighted by Crippen LogP contribution is 2.15. The van der Waals surface area contributed by atoms with Gasteiger partial charge in [0.2, 0.25) is 0 Å². The van der Waals surface area contributed by atoms with Crippen LogP contribution in [0.3, 0.4) is 0 Å². The third-order valence-corrected chi connectivity index (χ3v) is 3.25. The summed E-state index contributed by atoms with van der Waals surface area (Å²) in [5.74, 6) is 1.91. The van der Waals surface area contributed by atoms with Gasteiger partial charge in [-0.3, -0.25) is 9.88 Å². The van der Waals surface area contributed by atoms with Crippen LogP contribution in [0.25, 0.3) is 0 Å². The lowest BCUT2D eigenvalue weighted by atomic mass is 10.2. The maximum atomic E-state index is 5.70. The zero-order chi connectivity index (χ0) is 13.7. The first-order valence-electron chi connectivity index (χ1n) is 6.54. The molecule has 2 rings (SSSR count). The Morgan fingerprint density at radius 3 is 2.68 bits per heavy atom. The minimum Gasteiger partial charge on any atom is -0.465 e. The fraction of sp³-hybridized carbons (Fsp3) is 0.400. The summed E-state index contributed by atoms with van der Waals surface area (Å²) >= 11 is 0.